The van der Waals surface area contributed by atoms with E-state index in [-0.39, 0.29) is 10.8 Å². The fourth-order valence-corrected chi connectivity index (χ4v) is 0.986. The van der Waals surface area contributed by atoms with Crippen LogP contribution < -0.4 is 10.9 Å². The Morgan fingerprint density at radius 1 is 1.47 bits per heavy atom. The standard InChI is InChI=1S/C7H4ClF3N4/c8-5-1-4(7(9,10)11)2-13-6(5)15-14-3-12/h1-2,14H,(H,13,15). The van der Waals surface area contributed by atoms with Crippen molar-refractivity contribution >= 4 is 17.4 Å². The Labute approximate surface area is 87.6 Å². The average Bonchev–Trinajstić information content (AvgIpc) is 2.14. The van der Waals surface area contributed by atoms with Crippen molar-refractivity contribution in [3.63, 3.8) is 0 Å². The van der Waals surface area contributed by atoms with Crippen molar-refractivity contribution in [2.45, 2.75) is 6.18 Å². The first kappa shape index (κ1) is 11.4. The van der Waals surface area contributed by atoms with Crippen LogP contribution in [0.2, 0.25) is 5.02 Å². The van der Waals surface area contributed by atoms with Crippen LogP contribution in [0.25, 0.3) is 0 Å². The number of rotatable bonds is 2. The van der Waals surface area contributed by atoms with Crippen LogP contribution in [0.3, 0.4) is 0 Å². The molecule has 80 valence electrons. The Hall–Kier alpha value is -1.68. The summed E-state index contributed by atoms with van der Waals surface area (Å²) in [6.07, 6.45) is -2.36. The minimum atomic E-state index is -4.49. The summed E-state index contributed by atoms with van der Waals surface area (Å²) in [5.41, 5.74) is 3.26. The van der Waals surface area contributed by atoms with Crippen LogP contribution >= 0.6 is 11.6 Å². The molecule has 1 rings (SSSR count). The fraction of sp³-hybridized carbons (Fsp3) is 0.143. The molecule has 4 nitrogen and oxygen atoms in total. The van der Waals surface area contributed by atoms with Gasteiger partial charge in [-0.25, -0.2) is 10.4 Å². The van der Waals surface area contributed by atoms with E-state index in [4.69, 9.17) is 16.9 Å². The highest BCUT2D eigenvalue weighted by atomic mass is 35.5. The molecule has 0 radical (unpaired) electrons. The van der Waals surface area contributed by atoms with Gasteiger partial charge in [0.05, 0.1) is 10.6 Å². The lowest BCUT2D eigenvalue weighted by molar-refractivity contribution is -0.137. The number of pyridine rings is 1. The molecule has 0 saturated carbocycles. The second-order valence-corrected chi connectivity index (χ2v) is 2.82. The summed E-state index contributed by atoms with van der Waals surface area (Å²) in [7, 11) is 0. The van der Waals surface area contributed by atoms with Gasteiger partial charge in [-0.3, -0.25) is 5.43 Å². The number of anilines is 1. The first-order valence-corrected chi connectivity index (χ1v) is 3.96. The average molecular weight is 237 g/mol. The van der Waals surface area contributed by atoms with Crippen molar-refractivity contribution in [3.05, 3.63) is 22.8 Å². The van der Waals surface area contributed by atoms with E-state index in [1.165, 1.54) is 6.19 Å². The van der Waals surface area contributed by atoms with Gasteiger partial charge in [0.2, 0.25) is 0 Å². The van der Waals surface area contributed by atoms with E-state index >= 15 is 0 Å². The van der Waals surface area contributed by atoms with Crippen molar-refractivity contribution in [2.75, 3.05) is 5.43 Å². The minimum Gasteiger partial charge on any atom is -0.274 e. The number of aromatic nitrogens is 1. The molecule has 0 aliphatic heterocycles. The smallest absolute Gasteiger partial charge is 0.274 e. The van der Waals surface area contributed by atoms with Crippen LogP contribution in [-0.4, -0.2) is 4.98 Å². The van der Waals surface area contributed by atoms with Crippen LogP contribution in [-0.2, 0) is 6.18 Å². The van der Waals surface area contributed by atoms with Gasteiger partial charge in [0.1, 0.15) is 0 Å². The number of nitriles is 1. The number of hydrogen-bond donors (Lipinski definition) is 2. The van der Waals surface area contributed by atoms with Gasteiger partial charge in [0.15, 0.2) is 12.0 Å². The molecule has 15 heavy (non-hydrogen) atoms. The summed E-state index contributed by atoms with van der Waals surface area (Å²) >= 11 is 5.50. The van der Waals surface area contributed by atoms with E-state index < -0.39 is 11.7 Å². The number of alkyl halides is 3. The first-order chi connectivity index (χ1) is 6.95. The van der Waals surface area contributed by atoms with Crippen molar-refractivity contribution in [2.24, 2.45) is 0 Å². The summed E-state index contributed by atoms with van der Waals surface area (Å²) in [5, 5.41) is 7.90. The third-order valence-electron chi connectivity index (χ3n) is 1.41. The maximum atomic E-state index is 12.2. The van der Waals surface area contributed by atoms with Gasteiger partial charge in [-0.2, -0.15) is 18.4 Å². The number of nitrogens with zero attached hydrogens (tertiary/aromatic N) is 2. The molecular formula is C7H4ClF3N4. The molecule has 0 aliphatic rings. The SMILES string of the molecule is N#CNNc1ncc(C(F)(F)F)cc1Cl. The van der Waals surface area contributed by atoms with Crippen LogP contribution in [0.15, 0.2) is 12.3 Å². The van der Waals surface area contributed by atoms with Crippen LogP contribution in [0.5, 0.6) is 0 Å². The van der Waals surface area contributed by atoms with Gasteiger partial charge in [-0.15, -0.1) is 0 Å². The Morgan fingerprint density at radius 2 is 2.13 bits per heavy atom. The second kappa shape index (κ2) is 4.23. The molecule has 0 fully saturated rings. The molecule has 8 heteroatoms. The fourth-order valence-electron chi connectivity index (χ4n) is 0.772. The Bertz CT molecular complexity index is 398. The number of hydrogen-bond acceptors (Lipinski definition) is 4. The zero-order chi connectivity index (χ0) is 11.5. The molecule has 0 aromatic carbocycles. The lowest BCUT2D eigenvalue weighted by Gasteiger charge is -2.09. The molecule has 0 saturated heterocycles. The summed E-state index contributed by atoms with van der Waals surface area (Å²) in [6, 6.07) is 0.718. The van der Waals surface area contributed by atoms with Crippen molar-refractivity contribution in [1.82, 2.24) is 10.4 Å². The van der Waals surface area contributed by atoms with E-state index in [0.29, 0.717) is 6.20 Å². The van der Waals surface area contributed by atoms with E-state index in [9.17, 15) is 13.2 Å². The Kier molecular flexibility index (Phi) is 3.21. The number of nitrogens with one attached hydrogen (secondary N) is 2. The van der Waals surface area contributed by atoms with Crippen LogP contribution in [0, 0.1) is 11.5 Å². The van der Waals surface area contributed by atoms with Crippen LogP contribution in [0.1, 0.15) is 5.56 Å². The third-order valence-corrected chi connectivity index (χ3v) is 1.69. The molecule has 0 unspecified atom stereocenters. The molecule has 1 aromatic heterocycles. The van der Waals surface area contributed by atoms with Crippen molar-refractivity contribution in [3.8, 4) is 6.19 Å². The minimum absolute atomic E-state index is 0.0498. The third kappa shape index (κ3) is 2.89. The highest BCUT2D eigenvalue weighted by Gasteiger charge is 2.31. The topological polar surface area (TPSA) is 60.7 Å². The van der Waals surface area contributed by atoms with Gasteiger partial charge < -0.3 is 0 Å². The molecule has 1 heterocycles. The quantitative estimate of drug-likeness (QED) is 0.469. The van der Waals surface area contributed by atoms with Gasteiger partial charge in [-0.05, 0) is 6.07 Å². The summed E-state index contributed by atoms with van der Waals surface area (Å²) in [5.74, 6) is -0.0498. The predicted octanol–water partition coefficient (Wildman–Crippen LogP) is 2.15. The molecule has 0 spiro atoms. The number of halogens is 4. The zero-order valence-corrected chi connectivity index (χ0v) is 7.82. The summed E-state index contributed by atoms with van der Waals surface area (Å²) in [6.45, 7) is 0. The highest BCUT2D eigenvalue weighted by Crippen LogP contribution is 2.31. The molecule has 0 bridgehead atoms. The normalized spacial score (nSPS) is 10.6. The molecule has 0 atom stereocenters. The summed E-state index contributed by atoms with van der Waals surface area (Å²) in [4.78, 5) is 3.41. The zero-order valence-electron chi connectivity index (χ0n) is 7.06. The molecule has 0 aliphatic carbocycles. The Balaban J connectivity index is 2.94. The van der Waals surface area contributed by atoms with Crippen LogP contribution in [0.4, 0.5) is 19.0 Å². The lowest BCUT2D eigenvalue weighted by Crippen LogP contribution is -2.16. The van der Waals surface area contributed by atoms with E-state index in [2.05, 4.69) is 10.4 Å². The molecular weight excluding hydrogens is 233 g/mol. The maximum absolute atomic E-state index is 12.2. The van der Waals surface area contributed by atoms with E-state index in [1.807, 2.05) is 5.43 Å². The molecule has 2 N–H and O–H groups in total. The van der Waals surface area contributed by atoms with E-state index in [0.717, 1.165) is 6.07 Å². The number of hydrazine groups is 1. The second-order valence-electron chi connectivity index (χ2n) is 2.41. The predicted molar refractivity (Wildman–Crippen MR) is 46.6 cm³/mol. The maximum Gasteiger partial charge on any atom is 0.417 e. The van der Waals surface area contributed by atoms with Gasteiger partial charge in [-0.1, -0.05) is 11.6 Å². The van der Waals surface area contributed by atoms with Crippen molar-refractivity contribution < 1.29 is 13.2 Å². The Morgan fingerprint density at radius 3 is 2.60 bits per heavy atom. The summed E-state index contributed by atoms with van der Waals surface area (Å²) < 4.78 is 36.5. The van der Waals surface area contributed by atoms with Crippen molar-refractivity contribution in [1.29, 1.82) is 5.26 Å². The monoisotopic (exact) mass is 236 g/mol. The molecule has 1 aromatic rings. The molecule has 0 amide bonds. The largest absolute Gasteiger partial charge is 0.417 e. The van der Waals surface area contributed by atoms with E-state index in [1.54, 1.807) is 0 Å². The van der Waals surface area contributed by atoms with Gasteiger partial charge >= 0.3 is 6.18 Å². The van der Waals surface area contributed by atoms with Gasteiger partial charge in [0, 0.05) is 6.20 Å². The highest BCUT2D eigenvalue weighted by molar-refractivity contribution is 6.32. The van der Waals surface area contributed by atoms with Gasteiger partial charge in [0.25, 0.3) is 0 Å². The lowest BCUT2D eigenvalue weighted by atomic mass is 10.3. The first-order valence-electron chi connectivity index (χ1n) is 3.58.